The normalized spacial score (nSPS) is 11.0. The Hall–Kier alpha value is -2.27. The summed E-state index contributed by atoms with van der Waals surface area (Å²) in [6.45, 7) is 0.593. The molecule has 4 aromatic rings. The summed E-state index contributed by atoms with van der Waals surface area (Å²) in [4.78, 5) is 0. The monoisotopic (exact) mass is 402 g/mol. The molecule has 0 N–H and O–H groups in total. The maximum atomic E-state index is 6.42. The molecule has 7 heteroatoms. The van der Waals surface area contributed by atoms with E-state index in [1.165, 1.54) is 0 Å². The molecule has 2 heterocycles. The van der Waals surface area contributed by atoms with Crippen molar-refractivity contribution < 1.29 is 0 Å². The maximum Gasteiger partial charge on any atom is 0.0840 e. The Morgan fingerprint density at radius 3 is 2.35 bits per heavy atom. The van der Waals surface area contributed by atoms with Gasteiger partial charge in [-0.15, -0.1) is 0 Å². The molecule has 0 amide bonds. The molecule has 0 aliphatic carbocycles. The Morgan fingerprint density at radius 2 is 1.65 bits per heavy atom. The standard InChI is InChI=1S/C19H13Cl3N4/c20-15-4-2-13(3-5-15)19-14(12-25-9-1-8-23-25)11-24-26(19)18-7-6-16(21)10-17(18)22/h1-11H,12H2. The van der Waals surface area contributed by atoms with Gasteiger partial charge in [-0.1, -0.05) is 46.9 Å². The molecular weight excluding hydrogens is 391 g/mol. The third-order valence-corrected chi connectivity index (χ3v) is 4.78. The fourth-order valence-electron chi connectivity index (χ4n) is 2.82. The Bertz CT molecular complexity index is 1040. The minimum absolute atomic E-state index is 0.529. The van der Waals surface area contributed by atoms with Crippen LogP contribution in [0.15, 0.2) is 67.1 Å². The van der Waals surface area contributed by atoms with Crippen LogP contribution in [0.3, 0.4) is 0 Å². The van der Waals surface area contributed by atoms with Crippen molar-refractivity contribution in [2.24, 2.45) is 0 Å². The van der Waals surface area contributed by atoms with Gasteiger partial charge in [-0.2, -0.15) is 10.2 Å². The van der Waals surface area contributed by atoms with Crippen molar-refractivity contribution in [1.29, 1.82) is 0 Å². The van der Waals surface area contributed by atoms with E-state index in [2.05, 4.69) is 10.2 Å². The summed E-state index contributed by atoms with van der Waals surface area (Å²) in [6.07, 6.45) is 5.50. The first-order valence-corrected chi connectivity index (χ1v) is 9.01. The zero-order valence-corrected chi connectivity index (χ0v) is 15.7. The van der Waals surface area contributed by atoms with Crippen molar-refractivity contribution in [2.45, 2.75) is 6.54 Å². The predicted octanol–water partition coefficient (Wildman–Crippen LogP) is 5.74. The fraction of sp³-hybridized carbons (Fsp3) is 0.0526. The molecule has 130 valence electrons. The van der Waals surface area contributed by atoms with Crippen LogP contribution in [0.25, 0.3) is 16.9 Å². The van der Waals surface area contributed by atoms with Crippen LogP contribution in [0, 0.1) is 0 Å². The Morgan fingerprint density at radius 1 is 0.885 bits per heavy atom. The van der Waals surface area contributed by atoms with Crippen molar-refractivity contribution in [2.75, 3.05) is 0 Å². The van der Waals surface area contributed by atoms with Crippen molar-refractivity contribution in [3.8, 4) is 16.9 Å². The number of benzene rings is 2. The zero-order chi connectivity index (χ0) is 18.1. The summed E-state index contributed by atoms with van der Waals surface area (Å²) < 4.78 is 3.67. The van der Waals surface area contributed by atoms with Gasteiger partial charge in [-0.25, -0.2) is 4.68 Å². The van der Waals surface area contributed by atoms with Crippen molar-refractivity contribution in [1.82, 2.24) is 19.6 Å². The Balaban J connectivity index is 1.88. The lowest BCUT2D eigenvalue weighted by Crippen LogP contribution is -2.04. The largest absolute Gasteiger partial charge is 0.268 e. The van der Waals surface area contributed by atoms with Crippen LogP contribution in [0.2, 0.25) is 15.1 Å². The highest BCUT2D eigenvalue weighted by Gasteiger charge is 2.17. The molecule has 26 heavy (non-hydrogen) atoms. The number of halogens is 3. The molecule has 0 radical (unpaired) electrons. The van der Waals surface area contributed by atoms with Gasteiger partial charge in [0.15, 0.2) is 0 Å². The average Bonchev–Trinajstić information content (AvgIpc) is 3.26. The minimum Gasteiger partial charge on any atom is -0.268 e. The molecule has 0 saturated carbocycles. The molecule has 4 nitrogen and oxygen atoms in total. The van der Waals surface area contributed by atoms with Crippen LogP contribution < -0.4 is 0 Å². The van der Waals surface area contributed by atoms with E-state index in [1.54, 1.807) is 18.3 Å². The fourth-order valence-corrected chi connectivity index (χ4v) is 3.43. The van der Waals surface area contributed by atoms with Gasteiger partial charge in [0.05, 0.1) is 29.1 Å². The smallest absolute Gasteiger partial charge is 0.0840 e. The molecule has 0 aliphatic heterocycles. The SMILES string of the molecule is Clc1ccc(-c2c(Cn3cccn3)cnn2-c2ccc(Cl)cc2Cl)cc1. The minimum atomic E-state index is 0.529. The van der Waals surface area contributed by atoms with Crippen molar-refractivity contribution >= 4 is 34.8 Å². The second-order valence-corrected chi connectivity index (χ2v) is 7.02. The van der Waals surface area contributed by atoms with Crippen LogP contribution in [-0.2, 0) is 6.54 Å². The second kappa shape index (κ2) is 7.16. The highest BCUT2D eigenvalue weighted by Crippen LogP contribution is 2.32. The maximum absolute atomic E-state index is 6.42. The quantitative estimate of drug-likeness (QED) is 0.435. The first-order chi connectivity index (χ1) is 12.6. The van der Waals surface area contributed by atoms with Crippen LogP contribution in [0.1, 0.15) is 5.56 Å². The number of hydrogen-bond acceptors (Lipinski definition) is 2. The number of aromatic nitrogens is 4. The Kier molecular flexibility index (Phi) is 4.72. The highest BCUT2D eigenvalue weighted by atomic mass is 35.5. The van der Waals surface area contributed by atoms with E-state index in [1.807, 2.05) is 58.2 Å². The molecule has 2 aromatic heterocycles. The van der Waals surface area contributed by atoms with E-state index in [0.717, 1.165) is 22.5 Å². The average molecular weight is 404 g/mol. The second-order valence-electron chi connectivity index (χ2n) is 5.74. The van der Waals surface area contributed by atoms with Gasteiger partial charge < -0.3 is 0 Å². The third-order valence-electron chi connectivity index (χ3n) is 3.99. The van der Waals surface area contributed by atoms with Gasteiger partial charge in [0.2, 0.25) is 0 Å². The number of rotatable bonds is 4. The summed E-state index contributed by atoms with van der Waals surface area (Å²) in [7, 11) is 0. The van der Waals surface area contributed by atoms with Crippen molar-refractivity contribution in [3.63, 3.8) is 0 Å². The van der Waals surface area contributed by atoms with Crippen molar-refractivity contribution in [3.05, 3.63) is 87.8 Å². The van der Waals surface area contributed by atoms with Gasteiger partial charge in [0, 0.05) is 33.6 Å². The lowest BCUT2D eigenvalue weighted by molar-refractivity contribution is 0.688. The van der Waals surface area contributed by atoms with Gasteiger partial charge in [0.25, 0.3) is 0 Å². The molecule has 0 fully saturated rings. The Labute approximate surface area is 165 Å². The van der Waals surface area contributed by atoms with E-state index >= 15 is 0 Å². The first kappa shape index (κ1) is 17.2. The first-order valence-electron chi connectivity index (χ1n) is 7.87. The van der Waals surface area contributed by atoms with Gasteiger partial charge in [-0.3, -0.25) is 4.68 Å². The molecular formula is C19H13Cl3N4. The van der Waals surface area contributed by atoms with E-state index < -0.39 is 0 Å². The predicted molar refractivity (Wildman–Crippen MR) is 105 cm³/mol. The third kappa shape index (κ3) is 3.36. The van der Waals surface area contributed by atoms with E-state index in [4.69, 9.17) is 34.8 Å². The summed E-state index contributed by atoms with van der Waals surface area (Å²) in [6, 6.07) is 14.9. The summed E-state index contributed by atoms with van der Waals surface area (Å²) in [5.41, 5.74) is 3.69. The van der Waals surface area contributed by atoms with Crippen LogP contribution >= 0.6 is 34.8 Å². The molecule has 0 bridgehead atoms. The van der Waals surface area contributed by atoms with E-state index in [9.17, 15) is 0 Å². The molecule has 0 unspecified atom stereocenters. The lowest BCUT2D eigenvalue weighted by Gasteiger charge is -2.12. The number of hydrogen-bond donors (Lipinski definition) is 0. The van der Waals surface area contributed by atoms with Crippen LogP contribution in [-0.4, -0.2) is 19.6 Å². The van der Waals surface area contributed by atoms with Crippen LogP contribution in [0.4, 0.5) is 0 Å². The molecule has 0 spiro atoms. The molecule has 0 atom stereocenters. The summed E-state index contributed by atoms with van der Waals surface area (Å²) in [5, 5.41) is 10.6. The van der Waals surface area contributed by atoms with Gasteiger partial charge in [0.1, 0.15) is 0 Å². The van der Waals surface area contributed by atoms with Gasteiger partial charge >= 0.3 is 0 Å². The van der Waals surface area contributed by atoms with Crippen LogP contribution in [0.5, 0.6) is 0 Å². The van der Waals surface area contributed by atoms with E-state index in [-0.39, 0.29) is 0 Å². The molecule has 0 aliphatic rings. The van der Waals surface area contributed by atoms with Gasteiger partial charge in [-0.05, 0) is 36.4 Å². The summed E-state index contributed by atoms with van der Waals surface area (Å²) >= 11 is 18.5. The lowest BCUT2D eigenvalue weighted by atomic mass is 10.1. The highest BCUT2D eigenvalue weighted by molar-refractivity contribution is 6.35. The van der Waals surface area contributed by atoms with E-state index in [0.29, 0.717) is 21.6 Å². The zero-order valence-electron chi connectivity index (χ0n) is 13.5. The molecule has 2 aromatic carbocycles. The topological polar surface area (TPSA) is 35.6 Å². The number of nitrogens with zero attached hydrogens (tertiary/aromatic N) is 4. The molecule has 4 rings (SSSR count). The molecule has 0 saturated heterocycles. The summed E-state index contributed by atoms with van der Waals surface area (Å²) in [5.74, 6) is 0.